The monoisotopic (exact) mass is 404 g/mol. The molecule has 0 atom stereocenters. The number of carbonyl (C=O) groups is 1. The van der Waals surface area contributed by atoms with E-state index < -0.39 is 54.1 Å². The van der Waals surface area contributed by atoms with Crippen molar-refractivity contribution in [2.45, 2.75) is 37.0 Å². The quantitative estimate of drug-likeness (QED) is 0.374. The molecule has 25 heavy (non-hydrogen) atoms. The van der Waals surface area contributed by atoms with E-state index in [1.54, 1.807) is 0 Å². The van der Waals surface area contributed by atoms with Crippen LogP contribution in [-0.2, 0) is 9.53 Å². The van der Waals surface area contributed by atoms with Gasteiger partial charge in [-0.15, -0.1) is 0 Å². The summed E-state index contributed by atoms with van der Waals surface area (Å²) in [6.07, 6.45) is -13.8. The molecule has 0 aliphatic rings. The van der Waals surface area contributed by atoms with Crippen molar-refractivity contribution in [2.75, 3.05) is 6.61 Å². The summed E-state index contributed by atoms with van der Waals surface area (Å²) in [6.45, 7) is -0.249. The third-order valence-electron chi connectivity index (χ3n) is 2.40. The van der Waals surface area contributed by atoms with Crippen LogP contribution in [-0.4, -0.2) is 42.7 Å². The van der Waals surface area contributed by atoms with Gasteiger partial charge in [-0.05, 0) is 6.92 Å². The van der Waals surface area contributed by atoms with E-state index in [4.69, 9.17) is 0 Å². The van der Waals surface area contributed by atoms with Gasteiger partial charge in [0, 0.05) is 0 Å². The van der Waals surface area contributed by atoms with E-state index in [1.807, 2.05) is 0 Å². The third-order valence-corrected chi connectivity index (χ3v) is 2.40. The molecule has 0 spiro atoms. The molecule has 15 heteroatoms. The van der Waals surface area contributed by atoms with Crippen LogP contribution in [0.25, 0.3) is 0 Å². The van der Waals surface area contributed by atoms with E-state index in [1.165, 1.54) is 0 Å². The lowest BCUT2D eigenvalue weighted by atomic mass is 9.99. The summed E-state index contributed by atoms with van der Waals surface area (Å²) in [5.74, 6) is -30.3. The van der Waals surface area contributed by atoms with Crippen molar-refractivity contribution in [3.05, 3.63) is 11.4 Å². The minimum absolute atomic E-state index is 0.772. The average Bonchev–Trinajstić information content (AvgIpc) is 2.35. The molecule has 0 saturated heterocycles. The van der Waals surface area contributed by atoms with Crippen LogP contribution < -0.4 is 0 Å². The van der Waals surface area contributed by atoms with Crippen LogP contribution in [0.1, 0.15) is 6.92 Å². The highest BCUT2D eigenvalue weighted by Gasteiger charge is 2.83. The lowest BCUT2D eigenvalue weighted by Gasteiger charge is -2.33. The first-order chi connectivity index (χ1) is 10.8. The van der Waals surface area contributed by atoms with Gasteiger partial charge in [0.15, 0.2) is 11.4 Å². The van der Waals surface area contributed by atoms with Gasteiger partial charge >= 0.3 is 36.1 Å². The highest BCUT2D eigenvalue weighted by molar-refractivity contribution is 5.90. The second-order valence-electron chi connectivity index (χ2n) is 4.13. The fourth-order valence-corrected chi connectivity index (χ4v) is 1.20. The van der Waals surface area contributed by atoms with Crippen LogP contribution >= 0.6 is 0 Å². The van der Waals surface area contributed by atoms with Gasteiger partial charge in [0.1, 0.15) is 0 Å². The lowest BCUT2D eigenvalue weighted by Crippen LogP contribution is -2.61. The summed E-state index contributed by atoms with van der Waals surface area (Å²) in [5.41, 5.74) is -3.78. The standard InChI is InChI=1S/C10H5F13O2/c1-2-25-5(24)3(7(14,15)16)4(11)6(12,13)8(17,18)9(19,20)10(21,22)23/h2H2,1H3. The Balaban J connectivity index is 6.57. The Hall–Kier alpha value is -1.70. The Bertz CT molecular complexity index is 540. The molecular weight excluding hydrogens is 399 g/mol. The molecule has 0 N–H and O–H groups in total. The number of allylic oxidation sites excluding steroid dienone is 1. The molecule has 0 amide bonds. The Labute approximate surface area is 129 Å². The molecule has 0 unspecified atom stereocenters. The second-order valence-corrected chi connectivity index (χ2v) is 4.13. The van der Waals surface area contributed by atoms with Crippen molar-refractivity contribution in [3.63, 3.8) is 0 Å². The molecule has 0 saturated carbocycles. The Kier molecular flexibility index (Phi) is 6.11. The zero-order valence-corrected chi connectivity index (χ0v) is 11.4. The van der Waals surface area contributed by atoms with Crippen LogP contribution in [0, 0.1) is 0 Å². The van der Waals surface area contributed by atoms with Gasteiger partial charge in [-0.25, -0.2) is 9.18 Å². The fraction of sp³-hybridized carbons (Fsp3) is 0.700. The van der Waals surface area contributed by atoms with E-state index in [2.05, 4.69) is 4.74 Å². The number of alkyl halides is 12. The highest BCUT2D eigenvalue weighted by Crippen LogP contribution is 2.56. The maximum Gasteiger partial charge on any atom is 0.460 e. The summed E-state index contributed by atoms with van der Waals surface area (Å²) in [7, 11) is 0. The van der Waals surface area contributed by atoms with Crippen LogP contribution in [0.5, 0.6) is 0 Å². The zero-order chi connectivity index (χ0) is 20.6. The van der Waals surface area contributed by atoms with Crippen LogP contribution in [0.4, 0.5) is 57.1 Å². The van der Waals surface area contributed by atoms with Crippen molar-refractivity contribution < 1.29 is 66.6 Å². The van der Waals surface area contributed by atoms with Crippen LogP contribution in [0.3, 0.4) is 0 Å². The van der Waals surface area contributed by atoms with Gasteiger partial charge in [0.05, 0.1) is 6.61 Å². The van der Waals surface area contributed by atoms with Crippen LogP contribution in [0.15, 0.2) is 11.4 Å². The molecule has 0 aliphatic heterocycles. The van der Waals surface area contributed by atoms with E-state index in [0.29, 0.717) is 0 Å². The predicted octanol–water partition coefficient (Wildman–Crippen LogP) is 4.80. The number of carbonyl (C=O) groups excluding carboxylic acids is 1. The van der Waals surface area contributed by atoms with Gasteiger partial charge in [0.25, 0.3) is 0 Å². The zero-order valence-electron chi connectivity index (χ0n) is 11.4. The maximum atomic E-state index is 13.3. The molecule has 0 aromatic carbocycles. The molecule has 0 rings (SSSR count). The molecule has 0 bridgehead atoms. The SMILES string of the molecule is CCOC(=O)C(=C(F)C(F)(F)C(F)(F)C(F)(F)C(F)(F)F)C(F)(F)F. The van der Waals surface area contributed by atoms with Gasteiger partial charge in [-0.3, -0.25) is 0 Å². The van der Waals surface area contributed by atoms with Crippen molar-refractivity contribution in [1.29, 1.82) is 0 Å². The summed E-state index contributed by atoms with van der Waals surface area (Å²) in [4.78, 5) is 10.8. The van der Waals surface area contributed by atoms with Crippen molar-refractivity contribution in [1.82, 2.24) is 0 Å². The first-order valence-corrected chi connectivity index (χ1v) is 5.61. The van der Waals surface area contributed by atoms with E-state index in [0.717, 1.165) is 6.92 Å². The van der Waals surface area contributed by atoms with Gasteiger partial charge in [0.2, 0.25) is 0 Å². The number of rotatable bonds is 5. The van der Waals surface area contributed by atoms with Crippen molar-refractivity contribution in [3.8, 4) is 0 Å². The van der Waals surface area contributed by atoms with E-state index in [-0.39, 0.29) is 0 Å². The fourth-order valence-electron chi connectivity index (χ4n) is 1.20. The number of ether oxygens (including phenoxy) is 1. The predicted molar refractivity (Wildman–Crippen MR) is 51.7 cm³/mol. The van der Waals surface area contributed by atoms with Gasteiger partial charge in [-0.1, -0.05) is 0 Å². The maximum absolute atomic E-state index is 13.3. The summed E-state index contributed by atoms with van der Waals surface area (Å²) in [6, 6.07) is 0. The molecule has 0 aromatic rings. The van der Waals surface area contributed by atoms with Gasteiger partial charge < -0.3 is 4.74 Å². The normalized spacial score (nSPS) is 15.8. The molecule has 0 fully saturated rings. The molecule has 0 aliphatic carbocycles. The lowest BCUT2D eigenvalue weighted by molar-refractivity contribution is -0.391. The molecule has 0 aromatic heterocycles. The number of esters is 1. The van der Waals surface area contributed by atoms with Gasteiger partial charge in [-0.2, -0.15) is 52.7 Å². The summed E-state index contributed by atoms with van der Waals surface area (Å²) < 4.78 is 167. The molecule has 2 nitrogen and oxygen atoms in total. The number of halogens is 13. The smallest absolute Gasteiger partial charge is 0.460 e. The number of hydrogen-bond acceptors (Lipinski definition) is 2. The summed E-state index contributed by atoms with van der Waals surface area (Å²) >= 11 is 0. The van der Waals surface area contributed by atoms with E-state index >= 15 is 0 Å². The molecule has 148 valence electrons. The Morgan fingerprint density at radius 1 is 0.800 bits per heavy atom. The first-order valence-electron chi connectivity index (χ1n) is 5.61. The Morgan fingerprint density at radius 2 is 1.20 bits per heavy atom. The van der Waals surface area contributed by atoms with E-state index in [9.17, 15) is 61.9 Å². The topological polar surface area (TPSA) is 26.3 Å². The van der Waals surface area contributed by atoms with Crippen molar-refractivity contribution in [2.24, 2.45) is 0 Å². The minimum Gasteiger partial charge on any atom is -0.462 e. The largest absolute Gasteiger partial charge is 0.462 e. The minimum atomic E-state index is -7.70. The Morgan fingerprint density at radius 3 is 1.48 bits per heavy atom. The second kappa shape index (κ2) is 6.55. The highest BCUT2D eigenvalue weighted by atomic mass is 19.4. The first kappa shape index (κ1) is 23.3. The number of hydrogen-bond donors (Lipinski definition) is 0. The molecule has 0 radical (unpaired) electrons. The molecule has 0 heterocycles. The third kappa shape index (κ3) is 3.94. The molecular formula is C10H5F13O2. The average molecular weight is 404 g/mol. The summed E-state index contributed by atoms with van der Waals surface area (Å²) in [5, 5.41) is 0. The van der Waals surface area contributed by atoms with Crippen LogP contribution in [0.2, 0.25) is 0 Å². The van der Waals surface area contributed by atoms with Crippen molar-refractivity contribution >= 4 is 5.97 Å².